The molecule has 3 atom stereocenters. The van der Waals surface area contributed by atoms with E-state index < -0.39 is 0 Å². The largest absolute Gasteiger partial charge is 0.316 e. The van der Waals surface area contributed by atoms with E-state index in [1.165, 1.54) is 58.2 Å². The zero-order valence-electron chi connectivity index (χ0n) is 11.1. The topological polar surface area (TPSA) is 24.1 Å². The first-order chi connectivity index (χ1) is 8.36. The van der Waals surface area contributed by atoms with Crippen molar-refractivity contribution >= 4 is 0 Å². The van der Waals surface area contributed by atoms with Crippen molar-refractivity contribution in [2.24, 2.45) is 11.8 Å². The van der Waals surface area contributed by atoms with E-state index in [2.05, 4.69) is 17.6 Å². The highest BCUT2D eigenvalue weighted by Crippen LogP contribution is 2.36. The zero-order chi connectivity index (χ0) is 11.7. The van der Waals surface area contributed by atoms with Crippen molar-refractivity contribution in [3.8, 4) is 0 Å². The minimum atomic E-state index is 0.748. The summed E-state index contributed by atoms with van der Waals surface area (Å²) in [6.07, 6.45) is 8.40. The molecule has 1 aliphatic carbocycles. The van der Waals surface area contributed by atoms with Gasteiger partial charge in [-0.3, -0.25) is 0 Å². The maximum absolute atomic E-state index is 3.73. The van der Waals surface area contributed by atoms with Crippen LogP contribution in [0.15, 0.2) is 11.1 Å². The molecule has 1 unspecified atom stereocenters. The Morgan fingerprint density at radius 3 is 2.94 bits per heavy atom. The maximum Gasteiger partial charge on any atom is 0.0285 e. The lowest BCUT2D eigenvalue weighted by molar-refractivity contribution is 0.306. The molecule has 17 heavy (non-hydrogen) atoms. The van der Waals surface area contributed by atoms with E-state index >= 15 is 0 Å². The van der Waals surface area contributed by atoms with Gasteiger partial charge in [0.05, 0.1) is 0 Å². The van der Waals surface area contributed by atoms with Gasteiger partial charge in [0, 0.05) is 12.6 Å². The van der Waals surface area contributed by atoms with Crippen LogP contribution in [0.1, 0.15) is 45.4 Å². The molecule has 0 aromatic rings. The number of rotatable bonds is 2. The molecule has 2 heteroatoms. The van der Waals surface area contributed by atoms with Crippen molar-refractivity contribution in [2.45, 2.75) is 51.5 Å². The van der Waals surface area contributed by atoms with Gasteiger partial charge >= 0.3 is 0 Å². The zero-order valence-corrected chi connectivity index (χ0v) is 11.1. The first-order valence-electron chi connectivity index (χ1n) is 7.52. The molecule has 2 N–H and O–H groups in total. The van der Waals surface area contributed by atoms with E-state index in [9.17, 15) is 0 Å². The lowest BCUT2D eigenvalue weighted by atomic mass is 9.79. The second-order valence-corrected chi connectivity index (χ2v) is 6.12. The molecule has 0 aromatic heterocycles. The number of fused-ring (bicyclic) bond motifs is 1. The van der Waals surface area contributed by atoms with Crippen LogP contribution in [-0.4, -0.2) is 25.7 Å². The van der Waals surface area contributed by atoms with Crippen LogP contribution in [0.4, 0.5) is 0 Å². The van der Waals surface area contributed by atoms with Crippen LogP contribution in [0, 0.1) is 11.8 Å². The lowest BCUT2D eigenvalue weighted by Gasteiger charge is -2.30. The third kappa shape index (κ3) is 2.30. The van der Waals surface area contributed by atoms with Crippen molar-refractivity contribution in [3.63, 3.8) is 0 Å². The molecule has 3 aliphatic rings. The smallest absolute Gasteiger partial charge is 0.0285 e. The Balaban J connectivity index is 1.73. The summed E-state index contributed by atoms with van der Waals surface area (Å²) in [4.78, 5) is 0. The van der Waals surface area contributed by atoms with Crippen LogP contribution in [0.3, 0.4) is 0 Å². The van der Waals surface area contributed by atoms with E-state index in [1.54, 1.807) is 11.1 Å². The van der Waals surface area contributed by atoms with E-state index in [1.807, 2.05) is 0 Å². The molecular formula is C15H26N2. The highest BCUT2D eigenvalue weighted by molar-refractivity contribution is 5.30. The summed E-state index contributed by atoms with van der Waals surface area (Å²) in [6.45, 7) is 6.12. The fourth-order valence-electron chi connectivity index (χ4n) is 4.01. The molecule has 2 nitrogen and oxygen atoms in total. The number of nitrogens with one attached hydrogen (secondary N) is 2. The van der Waals surface area contributed by atoms with Gasteiger partial charge in [-0.25, -0.2) is 0 Å². The third-order valence-corrected chi connectivity index (χ3v) is 5.15. The Bertz CT molecular complexity index is 302. The van der Waals surface area contributed by atoms with Crippen LogP contribution in [0.2, 0.25) is 0 Å². The molecule has 0 radical (unpaired) electrons. The van der Waals surface area contributed by atoms with Crippen molar-refractivity contribution in [3.05, 3.63) is 11.1 Å². The van der Waals surface area contributed by atoms with E-state index in [0.29, 0.717) is 0 Å². The highest BCUT2D eigenvalue weighted by atomic mass is 14.9. The summed E-state index contributed by atoms with van der Waals surface area (Å²) in [5.41, 5.74) is 3.58. The van der Waals surface area contributed by atoms with Gasteiger partial charge in [0.2, 0.25) is 0 Å². The monoisotopic (exact) mass is 234 g/mol. The van der Waals surface area contributed by atoms with E-state index in [-0.39, 0.29) is 0 Å². The maximum atomic E-state index is 3.73. The fraction of sp³-hybridized carbons (Fsp3) is 0.867. The molecule has 0 spiro atoms. The molecule has 96 valence electrons. The van der Waals surface area contributed by atoms with Crippen LogP contribution in [-0.2, 0) is 0 Å². The molecule has 1 saturated heterocycles. The van der Waals surface area contributed by atoms with Gasteiger partial charge in [-0.2, -0.15) is 0 Å². The summed E-state index contributed by atoms with van der Waals surface area (Å²) in [5, 5.41) is 7.30. The predicted molar refractivity (Wildman–Crippen MR) is 72.0 cm³/mol. The van der Waals surface area contributed by atoms with Gasteiger partial charge in [0.25, 0.3) is 0 Å². The van der Waals surface area contributed by atoms with Crippen molar-refractivity contribution in [1.82, 2.24) is 10.6 Å². The second-order valence-electron chi connectivity index (χ2n) is 6.12. The molecule has 0 amide bonds. The molecular weight excluding hydrogens is 208 g/mol. The molecule has 0 bridgehead atoms. The molecule has 2 fully saturated rings. The standard InChI is InChI=1S/C15H26N2/c1-11(12-5-4-8-16-9-12)14-10-17-15-7-3-2-6-13(14)15/h11-12,15-17H,2-10H2,1H3/t11-,12+,15?/m1/s1. The number of piperidine rings is 1. The Hall–Kier alpha value is -0.340. The second kappa shape index (κ2) is 5.11. The summed E-state index contributed by atoms with van der Waals surface area (Å²) in [5.74, 6) is 1.68. The van der Waals surface area contributed by atoms with Gasteiger partial charge in [0.15, 0.2) is 0 Å². The normalized spacial score (nSPS) is 35.8. The first-order valence-corrected chi connectivity index (χ1v) is 7.52. The quantitative estimate of drug-likeness (QED) is 0.717. The molecule has 0 aromatic carbocycles. The Morgan fingerprint density at radius 1 is 1.18 bits per heavy atom. The lowest BCUT2D eigenvalue weighted by Crippen LogP contribution is -2.34. The van der Waals surface area contributed by atoms with Crippen LogP contribution < -0.4 is 10.6 Å². The fourth-order valence-corrected chi connectivity index (χ4v) is 4.01. The Morgan fingerprint density at radius 2 is 2.12 bits per heavy atom. The molecule has 1 saturated carbocycles. The SMILES string of the molecule is C[C@@H](C1=C2CCCCC2NC1)[C@H]1CCCNC1. The third-order valence-electron chi connectivity index (χ3n) is 5.15. The van der Waals surface area contributed by atoms with Gasteiger partial charge in [0.1, 0.15) is 0 Å². The average molecular weight is 234 g/mol. The van der Waals surface area contributed by atoms with Crippen molar-refractivity contribution in [2.75, 3.05) is 19.6 Å². The number of hydrogen-bond donors (Lipinski definition) is 2. The van der Waals surface area contributed by atoms with Crippen LogP contribution in [0.25, 0.3) is 0 Å². The molecule has 3 rings (SSSR count). The predicted octanol–water partition coefficient (Wildman–Crippen LogP) is 2.46. The summed E-state index contributed by atoms with van der Waals surface area (Å²) < 4.78 is 0. The average Bonchev–Trinajstić information content (AvgIpc) is 2.83. The van der Waals surface area contributed by atoms with E-state index in [0.717, 1.165) is 17.9 Å². The highest BCUT2D eigenvalue weighted by Gasteiger charge is 2.32. The van der Waals surface area contributed by atoms with Gasteiger partial charge in [-0.1, -0.05) is 24.5 Å². The number of hydrogen-bond acceptors (Lipinski definition) is 2. The summed E-state index contributed by atoms with van der Waals surface area (Å²) in [7, 11) is 0. The molecule has 2 heterocycles. The van der Waals surface area contributed by atoms with E-state index in [4.69, 9.17) is 0 Å². The summed E-state index contributed by atoms with van der Waals surface area (Å²) in [6, 6.07) is 0.748. The van der Waals surface area contributed by atoms with Crippen LogP contribution >= 0.6 is 0 Å². The van der Waals surface area contributed by atoms with Gasteiger partial charge < -0.3 is 10.6 Å². The minimum Gasteiger partial charge on any atom is -0.316 e. The molecule has 2 aliphatic heterocycles. The Labute approximate surface area is 105 Å². The summed E-state index contributed by atoms with van der Waals surface area (Å²) >= 11 is 0. The van der Waals surface area contributed by atoms with Crippen molar-refractivity contribution in [1.29, 1.82) is 0 Å². The van der Waals surface area contributed by atoms with Crippen LogP contribution in [0.5, 0.6) is 0 Å². The Kier molecular flexibility index (Phi) is 3.53. The van der Waals surface area contributed by atoms with Gasteiger partial charge in [-0.15, -0.1) is 0 Å². The first kappa shape index (κ1) is 11.7. The van der Waals surface area contributed by atoms with Crippen molar-refractivity contribution < 1.29 is 0 Å². The van der Waals surface area contributed by atoms with Gasteiger partial charge in [-0.05, 0) is 57.0 Å². The minimum absolute atomic E-state index is 0.748.